The van der Waals surface area contributed by atoms with Crippen LogP contribution in [0.1, 0.15) is 26.8 Å². The number of thioether (sulfide) groups is 1. The molecular formula is C19H21N5OS2. The minimum atomic E-state index is -0.330. The van der Waals surface area contributed by atoms with Gasteiger partial charge in [0.15, 0.2) is 0 Å². The van der Waals surface area contributed by atoms with Crippen LogP contribution in [0.3, 0.4) is 0 Å². The monoisotopic (exact) mass is 399 g/mol. The van der Waals surface area contributed by atoms with Gasteiger partial charge in [-0.25, -0.2) is 4.68 Å². The molecule has 3 rings (SSSR count). The van der Waals surface area contributed by atoms with Crippen LogP contribution in [0.25, 0.3) is 0 Å². The number of carbonyl (C=O) groups excluding carboxylic acids is 1. The lowest BCUT2D eigenvalue weighted by atomic mass is 10.3. The Bertz CT molecular complexity index is 898. The molecule has 1 unspecified atom stereocenters. The first-order chi connectivity index (χ1) is 13.0. The number of tetrazole rings is 1. The quantitative estimate of drug-likeness (QED) is 0.589. The van der Waals surface area contributed by atoms with Crippen molar-refractivity contribution in [3.63, 3.8) is 0 Å². The fourth-order valence-electron chi connectivity index (χ4n) is 2.31. The van der Waals surface area contributed by atoms with E-state index in [4.69, 9.17) is 0 Å². The van der Waals surface area contributed by atoms with E-state index in [-0.39, 0.29) is 17.2 Å². The van der Waals surface area contributed by atoms with Crippen LogP contribution in [0.5, 0.6) is 0 Å². The lowest BCUT2D eigenvalue weighted by Crippen LogP contribution is -2.23. The minimum absolute atomic E-state index is 0.0839. The number of aromatic nitrogens is 4. The molecule has 0 saturated heterocycles. The van der Waals surface area contributed by atoms with Crippen LogP contribution in [0, 0.1) is 0 Å². The van der Waals surface area contributed by atoms with Gasteiger partial charge in [0.25, 0.3) is 0 Å². The first-order valence-electron chi connectivity index (χ1n) is 8.62. The Balaban J connectivity index is 1.69. The first-order valence-corrected chi connectivity index (χ1v) is 10.3. The molecular weight excluding hydrogens is 378 g/mol. The van der Waals surface area contributed by atoms with Crippen LogP contribution >= 0.6 is 23.5 Å². The van der Waals surface area contributed by atoms with Gasteiger partial charge in [0, 0.05) is 9.79 Å². The predicted molar refractivity (Wildman–Crippen MR) is 109 cm³/mol. The summed E-state index contributed by atoms with van der Waals surface area (Å²) in [6.07, 6.45) is 0. The van der Waals surface area contributed by atoms with Crippen LogP contribution in [0.15, 0.2) is 69.5 Å². The highest BCUT2D eigenvalue weighted by atomic mass is 32.2. The van der Waals surface area contributed by atoms with Crippen molar-refractivity contribution in [3.05, 3.63) is 54.6 Å². The lowest BCUT2D eigenvalue weighted by molar-refractivity contribution is -0.115. The topological polar surface area (TPSA) is 72.7 Å². The number of hydrogen-bond donors (Lipinski definition) is 1. The zero-order chi connectivity index (χ0) is 19.2. The first kappa shape index (κ1) is 19.4. The SMILES string of the molecule is CC(Sc1nnnn1C(C)C)C(=O)Nc1ccccc1Sc1ccccc1. The maximum Gasteiger partial charge on any atom is 0.237 e. The Morgan fingerprint density at radius 2 is 1.74 bits per heavy atom. The molecule has 0 saturated carbocycles. The Morgan fingerprint density at radius 1 is 1.04 bits per heavy atom. The molecule has 3 aromatic rings. The van der Waals surface area contributed by atoms with E-state index in [2.05, 4.69) is 20.8 Å². The summed E-state index contributed by atoms with van der Waals surface area (Å²) < 4.78 is 1.72. The molecule has 0 radical (unpaired) electrons. The van der Waals surface area contributed by atoms with Crippen molar-refractivity contribution in [1.29, 1.82) is 0 Å². The highest BCUT2D eigenvalue weighted by molar-refractivity contribution is 8.00. The summed E-state index contributed by atoms with van der Waals surface area (Å²) in [6, 6.07) is 18.0. The highest BCUT2D eigenvalue weighted by Gasteiger charge is 2.20. The van der Waals surface area contributed by atoms with E-state index < -0.39 is 0 Å². The highest BCUT2D eigenvalue weighted by Crippen LogP contribution is 2.33. The van der Waals surface area contributed by atoms with Gasteiger partial charge in [0.1, 0.15) is 0 Å². The molecule has 0 bridgehead atoms. The normalized spacial score (nSPS) is 12.1. The number of hydrogen-bond acceptors (Lipinski definition) is 6. The van der Waals surface area contributed by atoms with Crippen molar-refractivity contribution >= 4 is 35.1 Å². The maximum atomic E-state index is 12.7. The van der Waals surface area contributed by atoms with Crippen molar-refractivity contribution in [2.24, 2.45) is 0 Å². The van der Waals surface area contributed by atoms with E-state index >= 15 is 0 Å². The molecule has 1 aromatic heterocycles. The third-order valence-corrected chi connectivity index (χ3v) is 5.85. The summed E-state index contributed by atoms with van der Waals surface area (Å²) >= 11 is 2.97. The van der Waals surface area contributed by atoms with Crippen molar-refractivity contribution in [3.8, 4) is 0 Å². The average Bonchev–Trinajstić information content (AvgIpc) is 3.12. The number of carbonyl (C=O) groups is 1. The Morgan fingerprint density at radius 3 is 2.48 bits per heavy atom. The molecule has 0 aliphatic rings. The number of nitrogens with zero attached hydrogens (tertiary/aromatic N) is 4. The van der Waals surface area contributed by atoms with E-state index in [9.17, 15) is 4.79 Å². The summed E-state index contributed by atoms with van der Waals surface area (Å²) in [5.74, 6) is -0.0839. The van der Waals surface area contributed by atoms with E-state index in [0.29, 0.717) is 5.16 Å². The van der Waals surface area contributed by atoms with Crippen LogP contribution in [-0.2, 0) is 4.79 Å². The number of rotatable bonds is 7. The molecule has 0 spiro atoms. The van der Waals surface area contributed by atoms with Gasteiger partial charge in [-0.3, -0.25) is 4.79 Å². The molecule has 8 heteroatoms. The number of benzene rings is 2. The van der Waals surface area contributed by atoms with Crippen molar-refractivity contribution in [2.75, 3.05) is 5.32 Å². The lowest BCUT2D eigenvalue weighted by Gasteiger charge is -2.15. The van der Waals surface area contributed by atoms with Gasteiger partial charge >= 0.3 is 0 Å². The van der Waals surface area contributed by atoms with E-state index in [1.165, 1.54) is 11.8 Å². The fourth-order valence-corrected chi connectivity index (χ4v) is 4.15. The van der Waals surface area contributed by atoms with Crippen LogP contribution in [-0.4, -0.2) is 31.4 Å². The molecule has 0 fully saturated rings. The molecule has 0 aliphatic carbocycles. The predicted octanol–water partition coefficient (Wildman–Crippen LogP) is 4.52. The van der Waals surface area contributed by atoms with Crippen LogP contribution in [0.2, 0.25) is 0 Å². The summed E-state index contributed by atoms with van der Waals surface area (Å²) in [4.78, 5) is 14.8. The summed E-state index contributed by atoms with van der Waals surface area (Å²) in [7, 11) is 0. The molecule has 1 heterocycles. The standard InChI is InChI=1S/C19H21N5OS2/c1-13(2)24-19(21-22-23-24)26-14(3)18(25)20-16-11-7-8-12-17(16)27-15-9-5-4-6-10-15/h4-14H,1-3H3,(H,20,25). The minimum Gasteiger partial charge on any atom is -0.324 e. The summed E-state index contributed by atoms with van der Waals surface area (Å²) in [5.41, 5.74) is 0.798. The Labute approximate surface area is 167 Å². The summed E-state index contributed by atoms with van der Waals surface area (Å²) in [5, 5.41) is 15.0. The molecule has 1 amide bonds. The molecule has 1 N–H and O–H groups in total. The zero-order valence-corrected chi connectivity index (χ0v) is 17.0. The van der Waals surface area contributed by atoms with Gasteiger partial charge in [-0.05, 0) is 55.5 Å². The second-order valence-corrected chi connectivity index (χ2v) is 8.58. The molecule has 27 heavy (non-hydrogen) atoms. The molecule has 0 aliphatic heterocycles. The van der Waals surface area contributed by atoms with Crippen molar-refractivity contribution in [2.45, 2.75) is 47.0 Å². The van der Waals surface area contributed by atoms with Gasteiger partial charge in [0.2, 0.25) is 11.1 Å². The van der Waals surface area contributed by atoms with Gasteiger partial charge in [-0.15, -0.1) is 5.10 Å². The fraction of sp³-hybridized carbons (Fsp3) is 0.263. The molecule has 6 nitrogen and oxygen atoms in total. The average molecular weight is 400 g/mol. The Hall–Kier alpha value is -2.32. The van der Waals surface area contributed by atoms with Gasteiger partial charge in [-0.1, -0.05) is 53.9 Å². The van der Waals surface area contributed by atoms with Gasteiger partial charge < -0.3 is 5.32 Å². The van der Waals surface area contributed by atoms with Gasteiger partial charge in [0.05, 0.1) is 17.0 Å². The van der Waals surface area contributed by atoms with Crippen molar-refractivity contribution in [1.82, 2.24) is 20.2 Å². The maximum absolute atomic E-state index is 12.7. The number of nitrogens with one attached hydrogen (secondary N) is 1. The van der Waals surface area contributed by atoms with Crippen LogP contribution in [0.4, 0.5) is 5.69 Å². The van der Waals surface area contributed by atoms with E-state index in [0.717, 1.165) is 15.5 Å². The van der Waals surface area contributed by atoms with E-state index in [1.807, 2.05) is 75.4 Å². The third-order valence-electron chi connectivity index (χ3n) is 3.72. The van der Waals surface area contributed by atoms with E-state index in [1.54, 1.807) is 16.4 Å². The largest absolute Gasteiger partial charge is 0.324 e. The van der Waals surface area contributed by atoms with Crippen LogP contribution < -0.4 is 5.32 Å². The molecule has 2 aromatic carbocycles. The molecule has 140 valence electrons. The third kappa shape index (κ3) is 5.11. The van der Waals surface area contributed by atoms with Gasteiger partial charge in [-0.2, -0.15) is 0 Å². The Kier molecular flexibility index (Phi) is 6.52. The smallest absolute Gasteiger partial charge is 0.237 e. The second kappa shape index (κ2) is 9.05. The summed E-state index contributed by atoms with van der Waals surface area (Å²) in [6.45, 7) is 5.86. The number of para-hydroxylation sites is 1. The zero-order valence-electron chi connectivity index (χ0n) is 15.4. The molecule has 1 atom stereocenters. The number of amides is 1. The second-order valence-electron chi connectivity index (χ2n) is 6.16. The number of anilines is 1. The van der Waals surface area contributed by atoms with Crippen molar-refractivity contribution < 1.29 is 4.79 Å².